The molecule has 4 aliphatic heterocycles. The third-order valence-corrected chi connectivity index (χ3v) is 11.9. The van der Waals surface area contributed by atoms with Gasteiger partial charge in [-0.15, -0.1) is 24.9 Å². The van der Waals surface area contributed by atoms with E-state index in [-0.39, 0.29) is 42.2 Å². The Morgan fingerprint density at radius 1 is 1.23 bits per heavy atom. The van der Waals surface area contributed by atoms with Crippen LogP contribution in [-0.4, -0.2) is 119 Å². The number of aliphatic hydroxyl groups is 1. The number of hydrogen-bond acceptors (Lipinski definition) is 8. The Morgan fingerprint density at radius 2 is 1.98 bits per heavy atom. The van der Waals surface area contributed by atoms with Crippen LogP contribution in [0, 0.1) is 17.8 Å². The maximum absolute atomic E-state index is 14.8. The Hall–Kier alpha value is -2.66. The number of thioether (sulfide) groups is 1. The van der Waals surface area contributed by atoms with Gasteiger partial charge in [0.1, 0.15) is 6.04 Å². The first-order valence-corrected chi connectivity index (χ1v) is 16.9. The zero-order valence-corrected chi connectivity index (χ0v) is 26.7. The SMILES string of the molecule is C=CCCCOC(=O)[C@@H]1[C@@H]2CC(C)C3(S2)C(C(=O)N(CC=C)CCN2CCOCC2)N([C@@H](CO)Cc2ccccc2)C(=O)[C@H]13. The summed E-state index contributed by atoms with van der Waals surface area (Å²) in [7, 11) is 0. The summed E-state index contributed by atoms with van der Waals surface area (Å²) >= 11 is 1.64. The predicted octanol–water partition coefficient (Wildman–Crippen LogP) is 2.78. The number of likely N-dealkylation sites (tertiary alicyclic amines) is 1. The van der Waals surface area contributed by atoms with Gasteiger partial charge in [-0.2, -0.15) is 0 Å². The normalized spacial score (nSPS) is 30.2. The van der Waals surface area contributed by atoms with Gasteiger partial charge in [0.05, 0.1) is 49.1 Å². The number of allylic oxidation sites excluding steroid dienone is 1. The van der Waals surface area contributed by atoms with E-state index >= 15 is 0 Å². The molecule has 0 aliphatic carbocycles. The highest BCUT2D eigenvalue weighted by atomic mass is 32.2. The first-order chi connectivity index (χ1) is 21.4. The number of morpholine rings is 1. The lowest BCUT2D eigenvalue weighted by Crippen LogP contribution is -2.60. The average Bonchev–Trinajstić information content (AvgIpc) is 3.64. The third kappa shape index (κ3) is 6.23. The fourth-order valence-corrected chi connectivity index (χ4v) is 10.1. The molecule has 240 valence electrons. The summed E-state index contributed by atoms with van der Waals surface area (Å²) in [6.07, 6.45) is 6.08. The summed E-state index contributed by atoms with van der Waals surface area (Å²) in [5.41, 5.74) is 0.971. The average molecular weight is 626 g/mol. The van der Waals surface area contributed by atoms with Gasteiger partial charge in [0.2, 0.25) is 11.8 Å². The standard InChI is InChI=1S/C34H47N3O6S/c1-4-6-10-18-43-33(41)28-27-21-24(3)34(44-27)29(28)31(39)37(26(23-38)22-25-11-8-7-9-12-25)30(34)32(40)36(13-5-2)15-14-35-16-19-42-20-17-35/h4-5,7-9,11-12,24,26-30,38H,1-2,6,10,13-23H2,3H3/t24?,26-,27+,28-,29+,30?,34?/m1/s1. The Kier molecular flexibility index (Phi) is 10.9. The topological polar surface area (TPSA) is 99.6 Å². The molecule has 2 bridgehead atoms. The second-order valence-corrected chi connectivity index (χ2v) is 14.0. The number of fused-ring (bicyclic) bond motifs is 1. The van der Waals surface area contributed by atoms with Crippen molar-refractivity contribution in [2.75, 3.05) is 59.2 Å². The van der Waals surface area contributed by atoms with Crippen LogP contribution in [0.5, 0.6) is 0 Å². The number of carbonyl (C=O) groups excluding carboxylic acids is 3. The maximum Gasteiger partial charge on any atom is 0.310 e. The summed E-state index contributed by atoms with van der Waals surface area (Å²) in [4.78, 5) is 48.9. The summed E-state index contributed by atoms with van der Waals surface area (Å²) < 4.78 is 10.4. The monoisotopic (exact) mass is 625 g/mol. The van der Waals surface area contributed by atoms with E-state index in [0.29, 0.717) is 45.7 Å². The molecule has 1 aromatic carbocycles. The van der Waals surface area contributed by atoms with Crippen LogP contribution in [0.1, 0.15) is 31.7 Å². The molecule has 3 unspecified atom stereocenters. The number of rotatable bonds is 15. The summed E-state index contributed by atoms with van der Waals surface area (Å²) in [5, 5.41) is 10.7. The second kappa shape index (κ2) is 14.6. The molecule has 4 heterocycles. The number of unbranched alkanes of at least 4 members (excludes halogenated alkanes) is 1. The van der Waals surface area contributed by atoms with Gasteiger partial charge in [-0.05, 0) is 37.2 Å². The fraction of sp³-hybridized carbons (Fsp3) is 0.618. The van der Waals surface area contributed by atoms with Crippen LogP contribution in [-0.2, 0) is 30.3 Å². The zero-order chi connectivity index (χ0) is 31.3. The molecule has 1 N–H and O–H groups in total. The first-order valence-electron chi connectivity index (χ1n) is 16.0. The van der Waals surface area contributed by atoms with Gasteiger partial charge in [-0.25, -0.2) is 0 Å². The number of amides is 2. The van der Waals surface area contributed by atoms with E-state index in [1.807, 2.05) is 35.2 Å². The van der Waals surface area contributed by atoms with Gasteiger partial charge in [0, 0.05) is 38.0 Å². The number of hydrogen-bond donors (Lipinski definition) is 1. The van der Waals surface area contributed by atoms with Gasteiger partial charge in [-0.1, -0.05) is 49.4 Å². The molecule has 4 fully saturated rings. The van der Waals surface area contributed by atoms with Crippen LogP contribution in [0.4, 0.5) is 0 Å². The molecular formula is C34H47N3O6S. The van der Waals surface area contributed by atoms with Gasteiger partial charge >= 0.3 is 5.97 Å². The highest BCUT2D eigenvalue weighted by Crippen LogP contribution is 2.69. The van der Waals surface area contributed by atoms with Crippen molar-refractivity contribution in [3.63, 3.8) is 0 Å². The number of carbonyl (C=O) groups is 3. The number of benzene rings is 1. The van der Waals surface area contributed by atoms with Gasteiger partial charge < -0.3 is 24.4 Å². The van der Waals surface area contributed by atoms with Gasteiger partial charge in [-0.3, -0.25) is 19.3 Å². The van der Waals surface area contributed by atoms with E-state index in [1.54, 1.807) is 28.8 Å². The van der Waals surface area contributed by atoms with E-state index < -0.39 is 28.7 Å². The lowest BCUT2D eigenvalue weighted by Gasteiger charge is -2.42. The Morgan fingerprint density at radius 3 is 2.66 bits per heavy atom. The molecule has 10 heteroatoms. The van der Waals surface area contributed by atoms with Crippen molar-refractivity contribution < 1.29 is 29.0 Å². The molecule has 44 heavy (non-hydrogen) atoms. The highest BCUT2D eigenvalue weighted by Gasteiger charge is 2.77. The van der Waals surface area contributed by atoms with Crippen molar-refractivity contribution >= 4 is 29.5 Å². The van der Waals surface area contributed by atoms with Crippen molar-refractivity contribution in [3.05, 3.63) is 61.2 Å². The molecule has 0 radical (unpaired) electrons. The predicted molar refractivity (Wildman–Crippen MR) is 171 cm³/mol. The molecule has 0 saturated carbocycles. The van der Waals surface area contributed by atoms with Crippen molar-refractivity contribution in [2.24, 2.45) is 17.8 Å². The Labute approximate surface area is 265 Å². The van der Waals surface area contributed by atoms with Crippen LogP contribution in [0.3, 0.4) is 0 Å². The second-order valence-electron chi connectivity index (χ2n) is 12.4. The van der Waals surface area contributed by atoms with Crippen LogP contribution >= 0.6 is 11.8 Å². The number of aliphatic hydroxyl groups excluding tert-OH is 1. The van der Waals surface area contributed by atoms with Crippen molar-refractivity contribution in [3.8, 4) is 0 Å². The van der Waals surface area contributed by atoms with Crippen LogP contribution < -0.4 is 0 Å². The van der Waals surface area contributed by atoms with E-state index in [4.69, 9.17) is 9.47 Å². The lowest BCUT2D eigenvalue weighted by molar-refractivity contribution is -0.155. The highest BCUT2D eigenvalue weighted by molar-refractivity contribution is 8.02. The molecular weight excluding hydrogens is 578 g/mol. The fourth-order valence-electron chi connectivity index (χ4n) is 7.74. The van der Waals surface area contributed by atoms with E-state index in [2.05, 4.69) is 25.0 Å². The minimum atomic E-state index is -0.811. The molecule has 4 aliphatic rings. The van der Waals surface area contributed by atoms with Gasteiger partial charge in [0.15, 0.2) is 0 Å². The molecule has 5 rings (SSSR count). The van der Waals surface area contributed by atoms with Gasteiger partial charge in [0.25, 0.3) is 0 Å². The first kappa shape index (κ1) is 32.7. The minimum Gasteiger partial charge on any atom is -0.465 e. The van der Waals surface area contributed by atoms with Crippen molar-refractivity contribution in [1.29, 1.82) is 0 Å². The summed E-state index contributed by atoms with van der Waals surface area (Å²) in [6, 6.07) is 8.31. The third-order valence-electron chi connectivity index (χ3n) is 9.86. The Balaban J connectivity index is 1.49. The van der Waals surface area contributed by atoms with E-state index in [1.165, 1.54) is 0 Å². The molecule has 0 aromatic heterocycles. The number of ether oxygens (including phenoxy) is 2. The lowest BCUT2D eigenvalue weighted by atomic mass is 9.66. The number of nitrogens with zero attached hydrogens (tertiary/aromatic N) is 3. The molecule has 2 amide bonds. The molecule has 1 spiro atoms. The summed E-state index contributed by atoms with van der Waals surface area (Å²) in [5.74, 6) is -2.00. The van der Waals surface area contributed by atoms with E-state index in [0.717, 1.165) is 31.5 Å². The number of esters is 1. The van der Waals surface area contributed by atoms with Crippen molar-refractivity contribution in [1.82, 2.24) is 14.7 Å². The largest absolute Gasteiger partial charge is 0.465 e. The van der Waals surface area contributed by atoms with Crippen molar-refractivity contribution in [2.45, 2.75) is 54.7 Å². The van der Waals surface area contributed by atoms with Crippen LogP contribution in [0.15, 0.2) is 55.6 Å². The summed E-state index contributed by atoms with van der Waals surface area (Å²) in [6.45, 7) is 14.3. The molecule has 7 atom stereocenters. The quantitative estimate of drug-likeness (QED) is 0.181. The minimum absolute atomic E-state index is 0.0242. The molecule has 9 nitrogen and oxygen atoms in total. The smallest absolute Gasteiger partial charge is 0.310 e. The van der Waals surface area contributed by atoms with Crippen LogP contribution in [0.25, 0.3) is 0 Å². The van der Waals surface area contributed by atoms with Crippen LogP contribution in [0.2, 0.25) is 0 Å². The zero-order valence-electron chi connectivity index (χ0n) is 25.9. The molecule has 4 saturated heterocycles. The Bertz CT molecular complexity index is 1190. The molecule has 1 aromatic rings. The maximum atomic E-state index is 14.8. The van der Waals surface area contributed by atoms with E-state index in [9.17, 15) is 19.5 Å².